The van der Waals surface area contributed by atoms with E-state index in [9.17, 15) is 0 Å². The minimum absolute atomic E-state index is 0.793. The maximum absolute atomic E-state index is 4.94. The maximum Gasteiger partial charge on any atom is 0.103 e. The highest BCUT2D eigenvalue weighted by molar-refractivity contribution is 7.99. The van der Waals surface area contributed by atoms with Gasteiger partial charge < -0.3 is 5.32 Å². The second-order valence-electron chi connectivity index (χ2n) is 6.45. The molecule has 2 aliphatic carbocycles. The fourth-order valence-corrected chi connectivity index (χ4v) is 5.42. The average Bonchev–Trinajstić information content (AvgIpc) is 3.26. The van der Waals surface area contributed by atoms with Crippen LogP contribution in [0.5, 0.6) is 0 Å². The van der Waals surface area contributed by atoms with Gasteiger partial charge in [0, 0.05) is 28.5 Å². The summed E-state index contributed by atoms with van der Waals surface area (Å²) in [4.78, 5) is 6.44. The van der Waals surface area contributed by atoms with E-state index < -0.39 is 0 Å². The average molecular weight is 325 g/mol. The van der Waals surface area contributed by atoms with Gasteiger partial charge in [-0.05, 0) is 32.1 Å². The van der Waals surface area contributed by atoms with Crippen LogP contribution in [0.4, 0.5) is 0 Å². The van der Waals surface area contributed by atoms with E-state index in [0.717, 1.165) is 30.0 Å². The number of hydrogen-bond acceptors (Lipinski definition) is 4. The van der Waals surface area contributed by atoms with Crippen molar-refractivity contribution in [2.45, 2.75) is 88.3 Å². The van der Waals surface area contributed by atoms with Crippen LogP contribution in [0.2, 0.25) is 0 Å². The van der Waals surface area contributed by atoms with E-state index in [1.807, 2.05) is 11.3 Å². The van der Waals surface area contributed by atoms with Crippen molar-refractivity contribution in [2.75, 3.05) is 0 Å². The molecule has 1 aromatic rings. The van der Waals surface area contributed by atoms with Gasteiger partial charge in [0.1, 0.15) is 5.01 Å². The lowest BCUT2D eigenvalue weighted by molar-refractivity contribution is 0.516. The van der Waals surface area contributed by atoms with Crippen LogP contribution in [-0.4, -0.2) is 16.3 Å². The van der Waals surface area contributed by atoms with Gasteiger partial charge in [-0.3, -0.25) is 0 Å². The van der Waals surface area contributed by atoms with Gasteiger partial charge in [-0.15, -0.1) is 11.3 Å². The monoisotopic (exact) mass is 324 g/mol. The van der Waals surface area contributed by atoms with Crippen molar-refractivity contribution in [2.24, 2.45) is 0 Å². The second-order valence-corrected chi connectivity index (χ2v) is 8.91. The molecular formula is C17H28N2S2. The largest absolute Gasteiger partial charge is 0.309 e. The van der Waals surface area contributed by atoms with Crippen molar-refractivity contribution >= 4 is 23.1 Å². The van der Waals surface area contributed by atoms with Crippen LogP contribution in [0.15, 0.2) is 0 Å². The van der Waals surface area contributed by atoms with E-state index in [1.54, 1.807) is 0 Å². The van der Waals surface area contributed by atoms with Crippen molar-refractivity contribution < 1.29 is 0 Å². The topological polar surface area (TPSA) is 24.9 Å². The van der Waals surface area contributed by atoms with E-state index in [4.69, 9.17) is 4.98 Å². The number of hydrogen-bond donors (Lipinski definition) is 1. The summed E-state index contributed by atoms with van der Waals surface area (Å²) in [6, 6.07) is 0.793. The zero-order valence-corrected chi connectivity index (χ0v) is 14.8. The molecule has 2 nitrogen and oxygen atoms in total. The molecule has 0 spiro atoms. The number of thioether (sulfide) groups is 1. The number of thiazole rings is 1. The van der Waals surface area contributed by atoms with Crippen LogP contribution in [0.3, 0.4) is 0 Å². The smallest absolute Gasteiger partial charge is 0.103 e. The SMILES string of the molecule is CCCc1nc(CSC2CCCCC2)sc1CNC1CC1. The fraction of sp³-hybridized carbons (Fsp3) is 0.824. The standard InChI is InChI=1S/C17H28N2S2/c1-2-6-15-16(11-18-13-9-10-13)21-17(19-15)12-20-14-7-4-3-5-8-14/h13-14,18H,2-12H2,1H3. The van der Waals surface area contributed by atoms with Crippen LogP contribution in [0, 0.1) is 0 Å². The molecule has 2 fully saturated rings. The van der Waals surface area contributed by atoms with E-state index in [1.165, 1.54) is 66.9 Å². The molecule has 0 saturated heterocycles. The Morgan fingerprint density at radius 3 is 2.71 bits per heavy atom. The molecule has 0 unspecified atom stereocenters. The van der Waals surface area contributed by atoms with Crippen molar-refractivity contribution in [1.82, 2.24) is 10.3 Å². The fourth-order valence-electron chi connectivity index (χ4n) is 3.01. The summed E-state index contributed by atoms with van der Waals surface area (Å²) in [6.45, 7) is 3.31. The van der Waals surface area contributed by atoms with Crippen molar-refractivity contribution in [3.8, 4) is 0 Å². The Labute approximate surface area is 137 Å². The summed E-state index contributed by atoms with van der Waals surface area (Å²) in [7, 11) is 0. The van der Waals surface area contributed by atoms with Crippen LogP contribution >= 0.6 is 23.1 Å². The number of nitrogens with one attached hydrogen (secondary N) is 1. The highest BCUT2D eigenvalue weighted by Crippen LogP contribution is 2.32. The van der Waals surface area contributed by atoms with Crippen LogP contribution in [-0.2, 0) is 18.7 Å². The molecule has 0 aromatic carbocycles. The zero-order chi connectivity index (χ0) is 14.5. The highest BCUT2D eigenvalue weighted by atomic mass is 32.2. The molecule has 3 rings (SSSR count). The van der Waals surface area contributed by atoms with E-state index >= 15 is 0 Å². The molecule has 1 aromatic heterocycles. The molecule has 0 amide bonds. The van der Waals surface area contributed by atoms with Gasteiger partial charge in [-0.1, -0.05) is 32.6 Å². The first-order valence-corrected chi connectivity index (χ1v) is 10.5. The van der Waals surface area contributed by atoms with E-state index in [2.05, 4.69) is 24.0 Å². The minimum atomic E-state index is 0.793. The van der Waals surface area contributed by atoms with E-state index in [-0.39, 0.29) is 0 Å². The third kappa shape index (κ3) is 4.97. The normalized spacial score (nSPS) is 20.0. The minimum Gasteiger partial charge on any atom is -0.309 e. The first-order valence-electron chi connectivity index (χ1n) is 8.67. The number of aromatic nitrogens is 1. The third-order valence-corrected chi connectivity index (χ3v) is 7.10. The molecule has 0 atom stereocenters. The van der Waals surface area contributed by atoms with Crippen LogP contribution < -0.4 is 5.32 Å². The Hall–Kier alpha value is -0.0600. The second kappa shape index (κ2) is 7.98. The summed E-state index contributed by atoms with van der Waals surface area (Å²) in [5, 5.41) is 5.91. The van der Waals surface area contributed by atoms with Gasteiger partial charge >= 0.3 is 0 Å². The van der Waals surface area contributed by atoms with Crippen LogP contribution in [0.25, 0.3) is 0 Å². The number of aryl methyl sites for hydroxylation is 1. The summed E-state index contributed by atoms with van der Waals surface area (Å²) < 4.78 is 0. The molecule has 1 N–H and O–H groups in total. The van der Waals surface area contributed by atoms with Crippen molar-refractivity contribution in [3.05, 3.63) is 15.6 Å². The first kappa shape index (κ1) is 15.8. The maximum atomic E-state index is 4.94. The third-order valence-electron chi connectivity index (χ3n) is 4.43. The predicted molar refractivity (Wildman–Crippen MR) is 94.1 cm³/mol. The Bertz CT molecular complexity index is 434. The van der Waals surface area contributed by atoms with Gasteiger partial charge in [0.05, 0.1) is 5.69 Å². The lowest BCUT2D eigenvalue weighted by Crippen LogP contribution is -2.15. The molecule has 118 valence electrons. The van der Waals surface area contributed by atoms with Gasteiger partial charge in [-0.2, -0.15) is 11.8 Å². The Balaban J connectivity index is 1.54. The quantitative estimate of drug-likeness (QED) is 0.735. The molecule has 4 heteroatoms. The number of rotatable bonds is 8. The van der Waals surface area contributed by atoms with Gasteiger partial charge in [0.25, 0.3) is 0 Å². The first-order chi connectivity index (χ1) is 10.3. The molecule has 2 aliphatic rings. The summed E-state index contributed by atoms with van der Waals surface area (Å²) in [6.07, 6.45) is 12.3. The van der Waals surface area contributed by atoms with Gasteiger partial charge in [0.15, 0.2) is 0 Å². The Morgan fingerprint density at radius 2 is 2.00 bits per heavy atom. The summed E-state index contributed by atoms with van der Waals surface area (Å²) in [5.74, 6) is 1.13. The molecule has 1 heterocycles. The zero-order valence-electron chi connectivity index (χ0n) is 13.2. The Morgan fingerprint density at radius 1 is 1.19 bits per heavy atom. The van der Waals surface area contributed by atoms with Gasteiger partial charge in [-0.25, -0.2) is 4.98 Å². The predicted octanol–water partition coefficient (Wildman–Crippen LogP) is 4.91. The van der Waals surface area contributed by atoms with Crippen molar-refractivity contribution in [3.63, 3.8) is 0 Å². The van der Waals surface area contributed by atoms with Gasteiger partial charge in [0.2, 0.25) is 0 Å². The number of nitrogens with zero attached hydrogens (tertiary/aromatic N) is 1. The lowest BCUT2D eigenvalue weighted by atomic mass is 10.0. The molecule has 0 aliphatic heterocycles. The molecular weight excluding hydrogens is 296 g/mol. The summed E-state index contributed by atoms with van der Waals surface area (Å²) >= 11 is 4.12. The highest BCUT2D eigenvalue weighted by Gasteiger charge is 2.22. The molecule has 2 saturated carbocycles. The summed E-state index contributed by atoms with van der Waals surface area (Å²) in [5.41, 5.74) is 1.37. The van der Waals surface area contributed by atoms with Crippen LogP contribution in [0.1, 0.15) is 73.9 Å². The molecule has 0 radical (unpaired) electrons. The van der Waals surface area contributed by atoms with Crippen molar-refractivity contribution in [1.29, 1.82) is 0 Å². The lowest BCUT2D eigenvalue weighted by Gasteiger charge is -2.20. The molecule has 0 bridgehead atoms. The Kier molecular flexibility index (Phi) is 6.01. The molecule has 21 heavy (non-hydrogen) atoms. The van der Waals surface area contributed by atoms with E-state index in [0.29, 0.717) is 0 Å².